The number of carbonyl (C=O) groups is 1. The number of amides is 1. The van der Waals surface area contributed by atoms with Crippen molar-refractivity contribution in [3.63, 3.8) is 0 Å². The van der Waals surface area contributed by atoms with Crippen LogP contribution in [-0.2, 0) is 15.1 Å². The minimum atomic E-state index is -0.708. The zero-order chi connectivity index (χ0) is 23.7. The summed E-state index contributed by atoms with van der Waals surface area (Å²) in [6.07, 6.45) is 1.79. The zero-order valence-corrected chi connectivity index (χ0v) is 19.3. The fourth-order valence-corrected chi connectivity index (χ4v) is 5.54. The molecule has 1 spiro atoms. The van der Waals surface area contributed by atoms with Crippen LogP contribution in [0.4, 0.5) is 8.78 Å². The van der Waals surface area contributed by atoms with Crippen LogP contribution >= 0.6 is 0 Å². The molecule has 0 bridgehead atoms. The molecule has 6 nitrogen and oxygen atoms in total. The fraction of sp³-hybridized carbons (Fsp3) is 0.462. The van der Waals surface area contributed by atoms with Crippen LogP contribution in [0.1, 0.15) is 37.3 Å². The molecule has 5 rings (SSSR count). The van der Waals surface area contributed by atoms with E-state index in [1.165, 1.54) is 11.9 Å². The second kappa shape index (κ2) is 9.43. The van der Waals surface area contributed by atoms with E-state index in [1.54, 1.807) is 0 Å². The molecule has 1 saturated heterocycles. The van der Waals surface area contributed by atoms with Crippen molar-refractivity contribution >= 4 is 11.6 Å². The lowest BCUT2D eigenvalue weighted by molar-refractivity contribution is -0.142. The molecule has 2 aromatic rings. The first-order chi connectivity index (χ1) is 16.5. The number of ether oxygens (including phenoxy) is 2. The van der Waals surface area contributed by atoms with E-state index in [2.05, 4.69) is 10.0 Å². The summed E-state index contributed by atoms with van der Waals surface area (Å²) in [6.45, 7) is 6.02. The molecule has 0 N–H and O–H groups in total. The highest BCUT2D eigenvalue weighted by molar-refractivity contribution is 6.02. The average molecular weight is 470 g/mol. The van der Waals surface area contributed by atoms with Gasteiger partial charge in [0.2, 0.25) is 5.91 Å². The van der Waals surface area contributed by atoms with Crippen molar-refractivity contribution in [2.24, 2.45) is 11.0 Å². The minimum absolute atomic E-state index is 0.00296. The summed E-state index contributed by atoms with van der Waals surface area (Å²) in [5, 5.41) is 6.19. The number of benzene rings is 2. The Hall–Kier alpha value is -2.84. The molecule has 2 unspecified atom stereocenters. The number of morpholine rings is 1. The van der Waals surface area contributed by atoms with Gasteiger partial charge in [-0.1, -0.05) is 18.2 Å². The lowest BCUT2D eigenvalue weighted by Crippen LogP contribution is -2.57. The third-order valence-corrected chi connectivity index (χ3v) is 7.25. The van der Waals surface area contributed by atoms with Crippen molar-refractivity contribution in [3.05, 3.63) is 65.2 Å². The van der Waals surface area contributed by atoms with Gasteiger partial charge in [-0.25, -0.2) is 13.8 Å². The normalized spacial score (nSPS) is 25.0. The first-order valence-corrected chi connectivity index (χ1v) is 11.8. The SMILES string of the molecule is CC(=O)N1N=C(c2cc(F)ccc2F)CCC12c1ccccc1OCC2CCN1CCOCC1. The lowest BCUT2D eigenvalue weighted by Gasteiger charge is -2.51. The molecule has 1 fully saturated rings. The van der Waals surface area contributed by atoms with Crippen molar-refractivity contribution in [3.8, 4) is 5.75 Å². The highest BCUT2D eigenvalue weighted by atomic mass is 19.1. The molecule has 180 valence electrons. The number of halogens is 2. The Morgan fingerprint density at radius 1 is 1.18 bits per heavy atom. The van der Waals surface area contributed by atoms with E-state index in [4.69, 9.17) is 9.47 Å². The molecular formula is C26H29F2N3O3. The first-order valence-electron chi connectivity index (χ1n) is 11.8. The van der Waals surface area contributed by atoms with Gasteiger partial charge in [0.05, 0.1) is 25.5 Å². The third kappa shape index (κ3) is 4.09. The molecular weight excluding hydrogens is 440 g/mol. The number of hydrogen-bond donors (Lipinski definition) is 0. The van der Waals surface area contributed by atoms with Crippen LogP contribution in [0.2, 0.25) is 0 Å². The van der Waals surface area contributed by atoms with Crippen LogP contribution in [0.25, 0.3) is 0 Å². The molecule has 8 heteroatoms. The predicted octanol–water partition coefficient (Wildman–Crippen LogP) is 3.94. The molecule has 3 aliphatic rings. The highest BCUT2D eigenvalue weighted by Crippen LogP contribution is 2.51. The van der Waals surface area contributed by atoms with Gasteiger partial charge in [-0.15, -0.1) is 0 Å². The molecule has 0 saturated carbocycles. The van der Waals surface area contributed by atoms with Gasteiger partial charge < -0.3 is 9.47 Å². The summed E-state index contributed by atoms with van der Waals surface area (Å²) in [4.78, 5) is 15.4. The smallest absolute Gasteiger partial charge is 0.240 e. The van der Waals surface area contributed by atoms with Crippen molar-refractivity contribution in [2.45, 2.75) is 31.7 Å². The van der Waals surface area contributed by atoms with Gasteiger partial charge in [-0.2, -0.15) is 5.10 Å². The van der Waals surface area contributed by atoms with E-state index in [1.807, 2.05) is 24.3 Å². The Balaban J connectivity index is 1.55. The third-order valence-electron chi connectivity index (χ3n) is 7.25. The highest BCUT2D eigenvalue weighted by Gasteiger charge is 2.53. The summed E-state index contributed by atoms with van der Waals surface area (Å²) >= 11 is 0. The number of fused-ring (bicyclic) bond motifs is 2. The molecule has 3 heterocycles. The van der Waals surface area contributed by atoms with E-state index in [0.717, 1.165) is 68.8 Å². The number of para-hydroxylation sites is 1. The summed E-state index contributed by atoms with van der Waals surface area (Å²) < 4.78 is 40.1. The van der Waals surface area contributed by atoms with E-state index in [-0.39, 0.29) is 17.4 Å². The van der Waals surface area contributed by atoms with Gasteiger partial charge in [0, 0.05) is 37.1 Å². The van der Waals surface area contributed by atoms with Crippen LogP contribution in [0.3, 0.4) is 0 Å². The fourth-order valence-electron chi connectivity index (χ4n) is 5.54. The molecule has 2 aromatic carbocycles. The van der Waals surface area contributed by atoms with Gasteiger partial charge in [0.1, 0.15) is 22.9 Å². The van der Waals surface area contributed by atoms with Gasteiger partial charge in [-0.05, 0) is 50.1 Å². The second-order valence-corrected chi connectivity index (χ2v) is 9.17. The van der Waals surface area contributed by atoms with Crippen LogP contribution in [0.5, 0.6) is 5.75 Å². The Morgan fingerprint density at radius 2 is 1.97 bits per heavy atom. The molecule has 0 aromatic heterocycles. The second-order valence-electron chi connectivity index (χ2n) is 9.17. The van der Waals surface area contributed by atoms with Crippen LogP contribution in [0, 0.1) is 17.6 Å². The number of nitrogens with zero attached hydrogens (tertiary/aromatic N) is 3. The van der Waals surface area contributed by atoms with Gasteiger partial charge in [0.15, 0.2) is 0 Å². The summed E-state index contributed by atoms with van der Waals surface area (Å²) in [5.41, 5.74) is 0.700. The number of hydrazone groups is 1. The molecule has 2 atom stereocenters. The van der Waals surface area contributed by atoms with Crippen LogP contribution in [0.15, 0.2) is 47.6 Å². The predicted molar refractivity (Wildman–Crippen MR) is 124 cm³/mol. The van der Waals surface area contributed by atoms with Crippen molar-refractivity contribution in [2.75, 3.05) is 39.5 Å². The van der Waals surface area contributed by atoms with Gasteiger partial charge >= 0.3 is 0 Å². The van der Waals surface area contributed by atoms with Crippen LogP contribution < -0.4 is 4.74 Å². The quantitative estimate of drug-likeness (QED) is 0.681. The Labute approximate surface area is 198 Å². The van der Waals surface area contributed by atoms with Crippen molar-refractivity contribution < 1.29 is 23.0 Å². The van der Waals surface area contributed by atoms with Crippen LogP contribution in [-0.4, -0.2) is 61.0 Å². The number of rotatable bonds is 4. The summed E-state index contributed by atoms with van der Waals surface area (Å²) in [6, 6.07) is 11.1. The topological polar surface area (TPSA) is 54.4 Å². The summed E-state index contributed by atoms with van der Waals surface area (Å²) in [5.74, 6) is -0.574. The largest absolute Gasteiger partial charge is 0.493 e. The van der Waals surface area contributed by atoms with Crippen molar-refractivity contribution in [1.82, 2.24) is 9.91 Å². The standard InChI is InChI=1S/C26H29F2N3O3/c1-18(32)31-26(10-8-24(29-31)21-16-20(27)6-7-23(21)28)19(9-11-30-12-14-33-15-13-30)17-34-25-5-3-2-4-22(25)26/h2-7,16,19H,8-15,17H2,1H3. The zero-order valence-electron chi connectivity index (χ0n) is 19.3. The van der Waals surface area contributed by atoms with E-state index in [9.17, 15) is 13.6 Å². The molecule has 34 heavy (non-hydrogen) atoms. The van der Waals surface area contributed by atoms with Crippen molar-refractivity contribution in [1.29, 1.82) is 0 Å². The van der Waals surface area contributed by atoms with E-state index < -0.39 is 17.2 Å². The average Bonchev–Trinajstić information content (AvgIpc) is 2.86. The molecule has 0 radical (unpaired) electrons. The first kappa shape index (κ1) is 22.9. The Bertz CT molecular complexity index is 1100. The maximum absolute atomic E-state index is 14.6. The molecule has 3 aliphatic heterocycles. The van der Waals surface area contributed by atoms with E-state index >= 15 is 0 Å². The van der Waals surface area contributed by atoms with Gasteiger partial charge in [0.25, 0.3) is 0 Å². The number of carbonyl (C=O) groups excluding carboxylic acids is 1. The maximum atomic E-state index is 14.6. The maximum Gasteiger partial charge on any atom is 0.240 e. The van der Waals surface area contributed by atoms with Gasteiger partial charge in [-0.3, -0.25) is 9.69 Å². The number of hydrogen-bond acceptors (Lipinski definition) is 5. The Kier molecular flexibility index (Phi) is 6.36. The van der Waals surface area contributed by atoms with E-state index in [0.29, 0.717) is 25.2 Å². The Morgan fingerprint density at radius 3 is 2.76 bits per heavy atom. The monoisotopic (exact) mass is 469 g/mol. The lowest BCUT2D eigenvalue weighted by atomic mass is 9.70. The molecule has 0 aliphatic carbocycles. The minimum Gasteiger partial charge on any atom is -0.493 e. The molecule has 1 amide bonds. The summed E-state index contributed by atoms with van der Waals surface area (Å²) in [7, 11) is 0.